The molecule has 28 heavy (non-hydrogen) atoms. The first kappa shape index (κ1) is 20.1. The van der Waals surface area contributed by atoms with Crippen molar-refractivity contribution >= 4 is 5.91 Å². The van der Waals surface area contributed by atoms with Crippen LogP contribution in [0.5, 0.6) is 17.2 Å². The molecule has 0 bridgehead atoms. The van der Waals surface area contributed by atoms with Crippen LogP contribution in [0, 0.1) is 5.92 Å². The molecule has 0 spiro atoms. The van der Waals surface area contributed by atoms with E-state index in [1.165, 1.54) is 0 Å². The quantitative estimate of drug-likeness (QED) is 0.704. The maximum Gasteiger partial charge on any atom is 0.253 e. The Bertz CT molecular complexity index is 797. The van der Waals surface area contributed by atoms with E-state index in [1.54, 1.807) is 7.11 Å². The number of amides is 1. The van der Waals surface area contributed by atoms with E-state index < -0.39 is 0 Å². The van der Waals surface area contributed by atoms with E-state index in [0.29, 0.717) is 30.4 Å². The van der Waals surface area contributed by atoms with Crippen molar-refractivity contribution in [2.24, 2.45) is 5.92 Å². The van der Waals surface area contributed by atoms with E-state index in [2.05, 4.69) is 6.92 Å². The summed E-state index contributed by atoms with van der Waals surface area (Å²) in [7, 11) is 1.63. The summed E-state index contributed by atoms with van der Waals surface area (Å²) in [5.74, 6) is 2.97. The molecule has 1 fully saturated rings. The zero-order valence-corrected chi connectivity index (χ0v) is 16.9. The van der Waals surface area contributed by atoms with Crippen LogP contribution >= 0.6 is 0 Å². The summed E-state index contributed by atoms with van der Waals surface area (Å²) < 4.78 is 16.9. The van der Waals surface area contributed by atoms with Crippen LogP contribution in [-0.2, 0) is 6.61 Å². The van der Waals surface area contributed by atoms with Gasteiger partial charge in [-0.15, -0.1) is 0 Å². The predicted octanol–water partition coefficient (Wildman–Crippen LogP) is 4.55. The Kier molecular flexibility index (Phi) is 6.80. The second kappa shape index (κ2) is 9.49. The Labute approximate surface area is 167 Å². The molecule has 0 unspecified atom stereocenters. The smallest absolute Gasteiger partial charge is 0.253 e. The summed E-state index contributed by atoms with van der Waals surface area (Å²) in [5.41, 5.74) is 1.54. The maximum absolute atomic E-state index is 12.9. The highest BCUT2D eigenvalue weighted by atomic mass is 16.5. The third-order valence-corrected chi connectivity index (χ3v) is 5.11. The highest BCUT2D eigenvalue weighted by Gasteiger charge is 2.22. The fraction of sp³-hybridized carbons (Fsp3) is 0.435. The van der Waals surface area contributed by atoms with Crippen LogP contribution in [0.15, 0.2) is 42.5 Å². The molecule has 1 heterocycles. The molecule has 0 aromatic heterocycles. The van der Waals surface area contributed by atoms with Crippen LogP contribution in [0.3, 0.4) is 0 Å². The normalized spacial score (nSPS) is 14.6. The number of likely N-dealkylation sites (tertiary alicyclic amines) is 1. The summed E-state index contributed by atoms with van der Waals surface area (Å²) in [6.45, 7) is 6.71. The zero-order chi connectivity index (χ0) is 19.9. The molecule has 5 heteroatoms. The van der Waals surface area contributed by atoms with Gasteiger partial charge in [0.1, 0.15) is 23.9 Å². The Hall–Kier alpha value is -2.69. The first-order valence-electron chi connectivity index (χ1n) is 9.92. The van der Waals surface area contributed by atoms with Gasteiger partial charge in [-0.2, -0.15) is 0 Å². The molecular formula is C23H29NO4. The minimum Gasteiger partial charge on any atom is -0.497 e. The van der Waals surface area contributed by atoms with Gasteiger partial charge < -0.3 is 19.1 Å². The average molecular weight is 383 g/mol. The molecule has 1 aliphatic heterocycles. The van der Waals surface area contributed by atoms with E-state index in [1.807, 2.05) is 54.3 Å². The van der Waals surface area contributed by atoms with Crippen molar-refractivity contribution in [3.05, 3.63) is 53.6 Å². The Morgan fingerprint density at radius 3 is 2.54 bits per heavy atom. The van der Waals surface area contributed by atoms with Crippen molar-refractivity contribution in [3.8, 4) is 17.2 Å². The van der Waals surface area contributed by atoms with Crippen molar-refractivity contribution in [1.29, 1.82) is 0 Å². The van der Waals surface area contributed by atoms with Crippen LogP contribution in [0.2, 0.25) is 0 Å². The highest BCUT2D eigenvalue weighted by molar-refractivity contribution is 5.94. The van der Waals surface area contributed by atoms with Gasteiger partial charge in [0, 0.05) is 30.3 Å². The van der Waals surface area contributed by atoms with Crippen molar-refractivity contribution in [1.82, 2.24) is 4.90 Å². The number of hydrogen-bond acceptors (Lipinski definition) is 4. The zero-order valence-electron chi connectivity index (χ0n) is 16.9. The number of ether oxygens (including phenoxy) is 3. The fourth-order valence-corrected chi connectivity index (χ4v) is 3.37. The van der Waals surface area contributed by atoms with Crippen LogP contribution < -0.4 is 14.2 Å². The van der Waals surface area contributed by atoms with Gasteiger partial charge in [-0.3, -0.25) is 4.79 Å². The fourth-order valence-electron chi connectivity index (χ4n) is 3.37. The van der Waals surface area contributed by atoms with E-state index in [9.17, 15) is 4.79 Å². The Morgan fingerprint density at radius 2 is 1.82 bits per heavy atom. The summed E-state index contributed by atoms with van der Waals surface area (Å²) in [6.07, 6.45) is 2.13. The molecule has 3 rings (SSSR count). The number of benzene rings is 2. The SMILES string of the molecule is CCOc1ccc(C(=O)N2CCC(C)CC2)cc1COc1cccc(OC)c1. The van der Waals surface area contributed by atoms with Crippen LogP contribution in [0.1, 0.15) is 42.6 Å². The van der Waals surface area contributed by atoms with Gasteiger partial charge in [-0.1, -0.05) is 13.0 Å². The topological polar surface area (TPSA) is 48.0 Å². The number of nitrogens with zero attached hydrogens (tertiary/aromatic N) is 1. The molecule has 0 radical (unpaired) electrons. The first-order valence-corrected chi connectivity index (χ1v) is 9.92. The van der Waals surface area contributed by atoms with Gasteiger partial charge in [-0.05, 0) is 56.0 Å². The Balaban J connectivity index is 1.76. The van der Waals surface area contributed by atoms with Crippen molar-refractivity contribution in [2.45, 2.75) is 33.3 Å². The number of carbonyl (C=O) groups is 1. The molecule has 5 nitrogen and oxygen atoms in total. The lowest BCUT2D eigenvalue weighted by Crippen LogP contribution is -2.37. The number of hydrogen-bond donors (Lipinski definition) is 0. The average Bonchev–Trinajstić information content (AvgIpc) is 2.73. The van der Waals surface area contributed by atoms with E-state index in [4.69, 9.17) is 14.2 Å². The largest absolute Gasteiger partial charge is 0.497 e. The first-order chi connectivity index (χ1) is 13.6. The molecule has 0 atom stereocenters. The molecule has 2 aromatic carbocycles. The number of rotatable bonds is 7. The molecule has 1 saturated heterocycles. The second-order valence-electron chi connectivity index (χ2n) is 7.20. The molecule has 0 N–H and O–H groups in total. The van der Waals surface area contributed by atoms with Gasteiger partial charge in [0.25, 0.3) is 5.91 Å². The second-order valence-corrected chi connectivity index (χ2v) is 7.20. The molecular weight excluding hydrogens is 354 g/mol. The molecule has 1 aliphatic rings. The van der Waals surface area contributed by atoms with E-state index in [0.717, 1.165) is 43.0 Å². The summed E-state index contributed by atoms with van der Waals surface area (Å²) in [5, 5.41) is 0. The van der Waals surface area contributed by atoms with Crippen LogP contribution in [0.4, 0.5) is 0 Å². The maximum atomic E-state index is 12.9. The van der Waals surface area contributed by atoms with Gasteiger partial charge in [0.2, 0.25) is 0 Å². The molecule has 1 amide bonds. The molecule has 2 aromatic rings. The van der Waals surface area contributed by atoms with Gasteiger partial charge in [0.05, 0.1) is 13.7 Å². The van der Waals surface area contributed by atoms with Crippen LogP contribution in [-0.4, -0.2) is 37.6 Å². The van der Waals surface area contributed by atoms with Gasteiger partial charge >= 0.3 is 0 Å². The third-order valence-electron chi connectivity index (χ3n) is 5.11. The van der Waals surface area contributed by atoms with Gasteiger partial charge in [0.15, 0.2) is 0 Å². The summed E-state index contributed by atoms with van der Waals surface area (Å²) >= 11 is 0. The number of carbonyl (C=O) groups excluding carboxylic acids is 1. The van der Waals surface area contributed by atoms with E-state index in [-0.39, 0.29) is 5.91 Å². The minimum atomic E-state index is 0.0811. The van der Waals surface area contributed by atoms with Crippen molar-refractivity contribution in [2.75, 3.05) is 26.8 Å². The number of piperidine rings is 1. The lowest BCUT2D eigenvalue weighted by atomic mass is 9.98. The predicted molar refractivity (Wildman–Crippen MR) is 109 cm³/mol. The third kappa shape index (κ3) is 4.97. The lowest BCUT2D eigenvalue weighted by molar-refractivity contribution is 0.0697. The monoisotopic (exact) mass is 383 g/mol. The molecule has 150 valence electrons. The minimum absolute atomic E-state index is 0.0811. The van der Waals surface area contributed by atoms with Crippen molar-refractivity contribution < 1.29 is 19.0 Å². The Morgan fingerprint density at radius 1 is 1.07 bits per heavy atom. The van der Waals surface area contributed by atoms with E-state index >= 15 is 0 Å². The summed E-state index contributed by atoms with van der Waals surface area (Å²) in [6, 6.07) is 13.1. The van der Waals surface area contributed by atoms with Crippen LogP contribution in [0.25, 0.3) is 0 Å². The number of methoxy groups -OCH3 is 1. The van der Waals surface area contributed by atoms with Crippen molar-refractivity contribution in [3.63, 3.8) is 0 Å². The lowest BCUT2D eigenvalue weighted by Gasteiger charge is -2.30. The summed E-state index contributed by atoms with van der Waals surface area (Å²) in [4.78, 5) is 14.9. The molecule has 0 aliphatic carbocycles. The molecule has 0 saturated carbocycles. The van der Waals surface area contributed by atoms with Gasteiger partial charge in [-0.25, -0.2) is 0 Å². The highest BCUT2D eigenvalue weighted by Crippen LogP contribution is 2.26. The standard InChI is InChI=1S/C23H29NO4/c1-4-27-22-9-8-18(23(25)24-12-10-17(2)11-13-24)14-19(22)16-28-21-7-5-6-20(15-21)26-3/h5-9,14-15,17H,4,10-13,16H2,1-3H3.